The summed E-state index contributed by atoms with van der Waals surface area (Å²) in [4.78, 5) is 62.1. The number of carbonyl (C=O) groups excluding carboxylic acids is 6. The second-order valence-corrected chi connectivity index (χ2v) is 14.3. The van der Waals surface area contributed by atoms with E-state index in [1.807, 2.05) is 36.4 Å². The molecule has 0 spiro atoms. The van der Waals surface area contributed by atoms with Crippen LogP contribution < -0.4 is 29.9 Å². The Morgan fingerprint density at radius 2 is 0.712 bits per heavy atom. The summed E-state index contributed by atoms with van der Waals surface area (Å²) in [6.07, 6.45) is 25.1. The number of rotatable bonds is 14. The summed E-state index contributed by atoms with van der Waals surface area (Å²) in [6, 6.07) is 14.9. The average molecular weight is 1130 g/mol. The molecular formula is C52H72O12Sn2. The van der Waals surface area contributed by atoms with E-state index in [4.69, 9.17) is 9.47 Å². The number of esters is 2. The van der Waals surface area contributed by atoms with Crippen LogP contribution in [-0.2, 0) is 28.8 Å². The summed E-state index contributed by atoms with van der Waals surface area (Å²) in [6.45, 7) is 22.9. The van der Waals surface area contributed by atoms with Crippen molar-refractivity contribution in [2.24, 2.45) is 0 Å². The quantitative estimate of drug-likeness (QED) is 0.0842. The molecule has 360 valence electrons. The van der Waals surface area contributed by atoms with E-state index in [9.17, 15) is 49.2 Å². The van der Waals surface area contributed by atoms with Crippen molar-refractivity contribution in [3.63, 3.8) is 0 Å². The van der Waals surface area contributed by atoms with E-state index in [2.05, 4.69) is 55.4 Å². The summed E-state index contributed by atoms with van der Waals surface area (Å²) in [5.74, 6) is -5.41. The van der Waals surface area contributed by atoms with E-state index in [0.29, 0.717) is 47.6 Å². The molecule has 0 bridgehead atoms. The first-order valence-corrected chi connectivity index (χ1v) is 22.3. The van der Waals surface area contributed by atoms with E-state index in [1.165, 1.54) is 101 Å². The SMILES string of the molecule is O=C([O-])/C=C\C(=O)Oc1cccc(C2CCCCC2)c1.O=C([O-])/C=C\C(=O)Oc1cccc(C2CCCCC2)c1.O=C([O-])/C=C\C(=O)[O-].[CH2]CCC.[CH2]CCC.[CH2]CCC.[CH2]CCC.[Sn+2].[Sn+2]. The van der Waals surface area contributed by atoms with Gasteiger partial charge >= 0.3 is 59.8 Å². The number of hydrogen-bond donors (Lipinski definition) is 0. The molecule has 4 rings (SSSR count). The van der Waals surface area contributed by atoms with E-state index in [-0.39, 0.29) is 47.8 Å². The van der Waals surface area contributed by atoms with E-state index in [0.717, 1.165) is 37.8 Å². The number of unbranched alkanes of at least 4 members (excludes halogenated alkanes) is 4. The first kappa shape index (κ1) is 71.1. The molecule has 12 nitrogen and oxygen atoms in total. The van der Waals surface area contributed by atoms with Crippen molar-refractivity contribution in [3.8, 4) is 11.5 Å². The zero-order chi connectivity index (χ0) is 49.0. The van der Waals surface area contributed by atoms with Gasteiger partial charge in [0, 0.05) is 12.2 Å². The molecule has 0 heterocycles. The topological polar surface area (TPSA) is 213 Å². The second kappa shape index (κ2) is 50.5. The summed E-state index contributed by atoms with van der Waals surface area (Å²) >= 11 is 0. The Hall–Kier alpha value is -3.92. The van der Waals surface area contributed by atoms with Crippen LogP contribution in [-0.4, -0.2) is 83.6 Å². The van der Waals surface area contributed by atoms with Crippen LogP contribution in [0.25, 0.3) is 0 Å². The molecular weight excluding hydrogens is 1050 g/mol. The van der Waals surface area contributed by atoms with E-state index >= 15 is 0 Å². The predicted octanol–water partition coefficient (Wildman–Crippen LogP) is 6.65. The molecule has 0 amide bonds. The van der Waals surface area contributed by atoms with Gasteiger partial charge in [-0.15, -0.1) is 0 Å². The molecule has 0 saturated heterocycles. The molecule has 14 heteroatoms. The van der Waals surface area contributed by atoms with Crippen molar-refractivity contribution in [1.82, 2.24) is 0 Å². The number of carboxylic acids is 4. The Balaban J connectivity index is -0.000000250. The van der Waals surface area contributed by atoms with Crippen LogP contribution in [0, 0.1) is 27.7 Å². The summed E-state index contributed by atoms with van der Waals surface area (Å²) in [7, 11) is 0. The van der Waals surface area contributed by atoms with Crippen molar-refractivity contribution in [1.29, 1.82) is 0 Å². The summed E-state index contributed by atoms with van der Waals surface area (Å²) in [5.41, 5.74) is 2.36. The zero-order valence-corrected chi connectivity index (χ0v) is 45.4. The van der Waals surface area contributed by atoms with Crippen molar-refractivity contribution in [2.75, 3.05) is 0 Å². The maximum Gasteiger partial charge on any atom is 2.00 e. The summed E-state index contributed by atoms with van der Waals surface area (Å²) < 4.78 is 10.2. The molecule has 2 aliphatic carbocycles. The largest absolute Gasteiger partial charge is 2.00 e. The number of hydrogen-bond acceptors (Lipinski definition) is 12. The number of ether oxygens (including phenoxy) is 2. The van der Waals surface area contributed by atoms with Crippen molar-refractivity contribution in [2.45, 2.75) is 155 Å². The fourth-order valence-corrected chi connectivity index (χ4v) is 5.24. The molecule has 2 aromatic carbocycles. The van der Waals surface area contributed by atoms with Gasteiger partial charge in [-0.1, -0.05) is 170 Å². The number of carbonyl (C=O) groups is 6. The van der Waals surface area contributed by atoms with Gasteiger partial charge in [0.2, 0.25) is 0 Å². The Bertz CT molecular complexity index is 1510. The molecule has 2 fully saturated rings. The molecule has 2 saturated carbocycles. The Morgan fingerprint density at radius 3 is 0.939 bits per heavy atom. The van der Waals surface area contributed by atoms with Crippen LogP contribution in [0.4, 0.5) is 0 Å². The minimum absolute atomic E-state index is 0. The minimum atomic E-state index is -1.55. The van der Waals surface area contributed by atoms with Crippen molar-refractivity contribution in [3.05, 3.63) is 124 Å². The van der Waals surface area contributed by atoms with Gasteiger partial charge in [-0.2, -0.15) is 0 Å². The van der Waals surface area contributed by atoms with E-state index < -0.39 is 35.8 Å². The first-order chi connectivity index (χ1) is 30.6. The number of carboxylic acid groups (broad SMARTS) is 4. The Labute approximate surface area is 430 Å². The maximum absolute atomic E-state index is 11.4. The van der Waals surface area contributed by atoms with Gasteiger partial charge in [0.25, 0.3) is 0 Å². The van der Waals surface area contributed by atoms with Crippen LogP contribution in [0.5, 0.6) is 11.5 Å². The molecule has 0 unspecified atom stereocenters. The first-order valence-electron chi connectivity index (χ1n) is 22.3. The summed E-state index contributed by atoms with van der Waals surface area (Å²) in [5, 5.41) is 39.3. The third-order valence-electron chi connectivity index (χ3n) is 8.79. The smallest absolute Gasteiger partial charge is 0.545 e. The molecule has 66 heavy (non-hydrogen) atoms. The van der Waals surface area contributed by atoms with Crippen molar-refractivity contribution < 1.29 is 58.7 Å². The molecule has 2 aromatic rings. The molecule has 2 aliphatic rings. The predicted molar refractivity (Wildman–Crippen MR) is 256 cm³/mol. The van der Waals surface area contributed by atoms with E-state index in [1.54, 1.807) is 12.1 Å². The molecule has 0 aliphatic heterocycles. The van der Waals surface area contributed by atoms with Crippen LogP contribution in [0.1, 0.15) is 166 Å². The fourth-order valence-electron chi connectivity index (χ4n) is 5.24. The van der Waals surface area contributed by atoms with Gasteiger partial charge in [0.1, 0.15) is 11.5 Å². The van der Waals surface area contributed by atoms with Gasteiger partial charge < -0.3 is 49.1 Å². The van der Waals surface area contributed by atoms with Gasteiger partial charge in [0.05, 0.1) is 23.9 Å². The van der Waals surface area contributed by atoms with Gasteiger partial charge in [-0.25, -0.2) is 9.59 Å². The normalized spacial score (nSPS) is 12.8. The monoisotopic (exact) mass is 1130 g/mol. The van der Waals surface area contributed by atoms with Crippen LogP contribution in [0.15, 0.2) is 85.0 Å². The second-order valence-electron chi connectivity index (χ2n) is 14.3. The molecule has 0 atom stereocenters. The minimum Gasteiger partial charge on any atom is -0.545 e. The number of aliphatic carboxylic acids is 4. The third kappa shape index (κ3) is 46.6. The molecule has 8 radical (unpaired) electrons. The average Bonchev–Trinajstić information content (AvgIpc) is 3.31. The Kier molecular flexibility index (Phi) is 54.4. The van der Waals surface area contributed by atoms with Crippen molar-refractivity contribution >= 4 is 83.6 Å². The molecule has 0 aromatic heterocycles. The molecule has 0 N–H and O–H groups in total. The third-order valence-corrected chi connectivity index (χ3v) is 8.79. The van der Waals surface area contributed by atoms with Crippen LogP contribution in [0.3, 0.4) is 0 Å². The maximum atomic E-state index is 11.4. The van der Waals surface area contributed by atoms with Crippen LogP contribution in [0.2, 0.25) is 0 Å². The fraction of sp³-hybridized carbons (Fsp3) is 0.462. The van der Waals surface area contributed by atoms with Crippen LogP contribution >= 0.6 is 0 Å². The Morgan fingerprint density at radius 1 is 0.470 bits per heavy atom. The zero-order valence-electron chi connectivity index (χ0n) is 39.7. The standard InChI is InChI=1S/2C16H18O4.C4H4O4.4C4H9.2Sn/c2*17-15(18)9-10-16(19)20-14-8-4-7-13(11-14)12-5-2-1-3-6-12;5-3(6)1-2-4(7)8;4*1-3-4-2;;/h2*4,7-12H,1-3,5-6H2,(H,17,18);1-2H,(H,5,6)(H,7,8);4*1,3-4H2,2H3;;/q;;;;;;;2*+2/p-4/b2*10-9-;2-1-;;;;;;. The van der Waals surface area contributed by atoms with Gasteiger partial charge in [-0.05, 0) is 97.2 Å². The number of benzene rings is 2. The van der Waals surface area contributed by atoms with Gasteiger partial charge in [-0.3, -0.25) is 0 Å². The van der Waals surface area contributed by atoms with Gasteiger partial charge in [0.15, 0.2) is 0 Å².